The van der Waals surface area contributed by atoms with Crippen molar-refractivity contribution in [2.24, 2.45) is 0 Å². The van der Waals surface area contributed by atoms with Crippen LogP contribution in [0.2, 0.25) is 0 Å². The van der Waals surface area contributed by atoms with Crippen LogP contribution in [0, 0.1) is 12.7 Å². The minimum absolute atomic E-state index is 0.235. The number of hydrogen-bond acceptors (Lipinski definition) is 4. The van der Waals surface area contributed by atoms with Gasteiger partial charge >= 0.3 is 5.97 Å². The number of nitrogens with zero attached hydrogens (tertiary/aromatic N) is 2. The van der Waals surface area contributed by atoms with E-state index >= 15 is 0 Å². The highest BCUT2D eigenvalue weighted by atomic mass is 19.1. The Morgan fingerprint density at radius 1 is 1.25 bits per heavy atom. The molecule has 0 fully saturated rings. The number of ether oxygens (including phenoxy) is 1. The Morgan fingerprint density at radius 3 is 2.86 bits per heavy atom. The van der Waals surface area contributed by atoms with Crippen molar-refractivity contribution >= 4 is 27.8 Å². The predicted molar refractivity (Wildman–Crippen MR) is 104 cm³/mol. The first-order chi connectivity index (χ1) is 13.5. The quantitative estimate of drug-likeness (QED) is 0.552. The molecule has 0 saturated heterocycles. The highest BCUT2D eigenvalue weighted by Gasteiger charge is 2.14. The molecule has 0 bridgehead atoms. The van der Waals surface area contributed by atoms with Gasteiger partial charge in [0, 0.05) is 29.8 Å². The molecule has 0 saturated carbocycles. The Labute approximate surface area is 159 Å². The van der Waals surface area contributed by atoms with E-state index in [4.69, 9.17) is 4.74 Å². The van der Waals surface area contributed by atoms with Gasteiger partial charge in [0.25, 0.3) is 5.56 Å². The number of carbonyl (C=O) groups excluding carboxylic acids is 1. The van der Waals surface area contributed by atoms with E-state index in [0.717, 1.165) is 16.5 Å². The molecular weight excluding hydrogens is 361 g/mol. The number of carbonyl (C=O) groups is 1. The Bertz CT molecular complexity index is 1270. The lowest BCUT2D eigenvalue weighted by atomic mass is 10.1. The average molecular weight is 379 g/mol. The molecule has 1 N–H and O–H groups in total. The maximum absolute atomic E-state index is 13.5. The van der Waals surface area contributed by atoms with Gasteiger partial charge in [-0.15, -0.1) is 0 Å². The SMILES string of the molecule is COC(=O)c1cc2c(=O)n(CCc3c[nH]c4ccc(F)cc34)ccc2nc1C. The molecule has 1 aromatic carbocycles. The number of aromatic nitrogens is 3. The van der Waals surface area contributed by atoms with Crippen molar-refractivity contribution < 1.29 is 13.9 Å². The summed E-state index contributed by atoms with van der Waals surface area (Å²) >= 11 is 0. The van der Waals surface area contributed by atoms with E-state index in [9.17, 15) is 14.0 Å². The van der Waals surface area contributed by atoms with Crippen molar-refractivity contribution in [2.75, 3.05) is 7.11 Å². The molecule has 0 aliphatic rings. The number of nitrogens with one attached hydrogen (secondary N) is 1. The van der Waals surface area contributed by atoms with E-state index < -0.39 is 5.97 Å². The lowest BCUT2D eigenvalue weighted by Crippen LogP contribution is -2.21. The van der Waals surface area contributed by atoms with Crippen molar-refractivity contribution in [3.05, 3.63) is 75.7 Å². The zero-order chi connectivity index (χ0) is 19.8. The molecule has 3 heterocycles. The molecule has 4 aromatic rings. The summed E-state index contributed by atoms with van der Waals surface area (Å²) in [4.78, 5) is 32.2. The van der Waals surface area contributed by atoms with Gasteiger partial charge in [-0.1, -0.05) is 0 Å². The van der Waals surface area contributed by atoms with E-state index in [1.807, 2.05) is 6.20 Å². The zero-order valence-electron chi connectivity index (χ0n) is 15.5. The fourth-order valence-corrected chi connectivity index (χ4v) is 3.40. The number of methoxy groups -OCH3 is 1. The maximum Gasteiger partial charge on any atom is 0.339 e. The fourth-order valence-electron chi connectivity index (χ4n) is 3.40. The molecule has 0 atom stereocenters. The van der Waals surface area contributed by atoms with E-state index in [2.05, 4.69) is 9.97 Å². The summed E-state index contributed by atoms with van der Waals surface area (Å²) in [5.41, 5.74) is 2.86. The van der Waals surface area contributed by atoms with Crippen LogP contribution in [0.5, 0.6) is 0 Å². The molecule has 0 unspecified atom stereocenters. The number of aryl methyl sites for hydroxylation is 3. The molecule has 6 nitrogen and oxygen atoms in total. The lowest BCUT2D eigenvalue weighted by molar-refractivity contribution is 0.0599. The molecule has 7 heteroatoms. The van der Waals surface area contributed by atoms with E-state index in [-0.39, 0.29) is 16.9 Å². The molecule has 0 radical (unpaired) electrons. The smallest absolute Gasteiger partial charge is 0.339 e. The Hall–Kier alpha value is -3.48. The lowest BCUT2D eigenvalue weighted by Gasteiger charge is -2.09. The standard InChI is InChI=1S/C21H18FN3O3/c1-12-15(21(27)28-2)10-17-19(24-12)6-8-25(20(17)26)7-5-13-11-23-18-4-3-14(22)9-16(13)18/h3-4,6,8-11,23H,5,7H2,1-2H3. The summed E-state index contributed by atoms with van der Waals surface area (Å²) < 4.78 is 19.9. The number of hydrogen-bond donors (Lipinski definition) is 1. The summed E-state index contributed by atoms with van der Waals surface area (Å²) in [5, 5.41) is 1.16. The Balaban J connectivity index is 1.69. The van der Waals surface area contributed by atoms with Crippen LogP contribution in [0.1, 0.15) is 21.6 Å². The summed E-state index contributed by atoms with van der Waals surface area (Å²) in [5.74, 6) is -0.824. The molecule has 0 aliphatic carbocycles. The second kappa shape index (κ2) is 6.92. The van der Waals surface area contributed by atoms with Crippen molar-refractivity contribution in [1.82, 2.24) is 14.5 Å². The number of fused-ring (bicyclic) bond motifs is 2. The number of H-pyrrole nitrogens is 1. The first-order valence-electron chi connectivity index (χ1n) is 8.82. The minimum Gasteiger partial charge on any atom is -0.465 e. The third kappa shape index (κ3) is 3.05. The third-order valence-electron chi connectivity index (χ3n) is 4.90. The molecule has 142 valence electrons. The van der Waals surface area contributed by atoms with Gasteiger partial charge in [-0.05, 0) is 49.2 Å². The van der Waals surface area contributed by atoms with Gasteiger partial charge in [0.2, 0.25) is 0 Å². The molecule has 0 spiro atoms. The van der Waals surface area contributed by atoms with E-state index in [0.29, 0.717) is 29.6 Å². The van der Waals surface area contributed by atoms with Crippen molar-refractivity contribution in [1.29, 1.82) is 0 Å². The molecule has 3 aromatic heterocycles. The summed E-state index contributed by atoms with van der Waals surface area (Å²) in [6.07, 6.45) is 4.07. The van der Waals surface area contributed by atoms with Crippen LogP contribution in [0.4, 0.5) is 4.39 Å². The largest absolute Gasteiger partial charge is 0.465 e. The second-order valence-electron chi connectivity index (χ2n) is 6.61. The monoisotopic (exact) mass is 379 g/mol. The van der Waals surface area contributed by atoms with E-state index in [1.165, 1.54) is 25.3 Å². The zero-order valence-corrected chi connectivity index (χ0v) is 15.5. The molecule has 4 rings (SSSR count). The predicted octanol–water partition coefficient (Wildman–Crippen LogP) is 3.35. The molecule has 28 heavy (non-hydrogen) atoms. The highest BCUT2D eigenvalue weighted by Crippen LogP contribution is 2.20. The van der Waals surface area contributed by atoms with Crippen LogP contribution in [-0.2, 0) is 17.7 Å². The van der Waals surface area contributed by atoms with Crippen LogP contribution in [0.15, 0.2) is 47.5 Å². The second-order valence-corrected chi connectivity index (χ2v) is 6.61. The molecular formula is C21H18FN3O3. The molecule has 0 amide bonds. The van der Waals surface area contributed by atoms with Gasteiger partial charge in [0.05, 0.1) is 29.3 Å². The van der Waals surface area contributed by atoms with Crippen LogP contribution in [-0.4, -0.2) is 27.6 Å². The van der Waals surface area contributed by atoms with Gasteiger partial charge in [-0.2, -0.15) is 0 Å². The van der Waals surface area contributed by atoms with Gasteiger partial charge in [-0.25, -0.2) is 9.18 Å². The normalized spacial score (nSPS) is 11.2. The minimum atomic E-state index is -0.525. The topological polar surface area (TPSA) is 77.0 Å². The number of pyridine rings is 2. The fraction of sp³-hybridized carbons (Fsp3) is 0.190. The average Bonchev–Trinajstić information content (AvgIpc) is 3.08. The molecule has 0 aliphatic heterocycles. The van der Waals surface area contributed by atoms with Gasteiger partial charge in [-0.3, -0.25) is 9.78 Å². The summed E-state index contributed by atoms with van der Waals surface area (Å²) in [6.45, 7) is 2.12. The number of aromatic amines is 1. The van der Waals surface area contributed by atoms with Crippen LogP contribution < -0.4 is 5.56 Å². The van der Waals surface area contributed by atoms with Crippen LogP contribution in [0.3, 0.4) is 0 Å². The number of esters is 1. The first-order valence-corrected chi connectivity index (χ1v) is 8.82. The van der Waals surface area contributed by atoms with E-state index in [1.54, 1.807) is 29.8 Å². The van der Waals surface area contributed by atoms with Gasteiger partial charge < -0.3 is 14.3 Å². The summed E-state index contributed by atoms with van der Waals surface area (Å²) in [7, 11) is 1.29. The van der Waals surface area contributed by atoms with Crippen LogP contribution in [0.25, 0.3) is 21.8 Å². The van der Waals surface area contributed by atoms with Crippen molar-refractivity contribution in [3.63, 3.8) is 0 Å². The number of rotatable bonds is 4. The Kier molecular flexibility index (Phi) is 4.43. The van der Waals surface area contributed by atoms with Gasteiger partial charge in [0.15, 0.2) is 0 Å². The number of halogens is 1. The summed E-state index contributed by atoms with van der Waals surface area (Å²) in [6, 6.07) is 7.87. The van der Waals surface area contributed by atoms with Crippen molar-refractivity contribution in [2.45, 2.75) is 19.9 Å². The van der Waals surface area contributed by atoms with Gasteiger partial charge in [0.1, 0.15) is 5.82 Å². The highest BCUT2D eigenvalue weighted by molar-refractivity contribution is 5.94. The Morgan fingerprint density at radius 2 is 2.07 bits per heavy atom. The number of benzene rings is 1. The third-order valence-corrected chi connectivity index (χ3v) is 4.90. The maximum atomic E-state index is 13.5. The van der Waals surface area contributed by atoms with Crippen molar-refractivity contribution in [3.8, 4) is 0 Å². The van der Waals surface area contributed by atoms with Crippen LogP contribution >= 0.6 is 0 Å². The first kappa shape index (κ1) is 17.9.